The van der Waals surface area contributed by atoms with E-state index in [2.05, 4.69) is 14.8 Å². The molecule has 2 aromatic rings. The van der Waals surface area contributed by atoms with E-state index >= 15 is 0 Å². The summed E-state index contributed by atoms with van der Waals surface area (Å²) in [6, 6.07) is 9.42. The van der Waals surface area contributed by atoms with Gasteiger partial charge in [-0.15, -0.1) is 11.8 Å². The van der Waals surface area contributed by atoms with Crippen LogP contribution in [-0.2, 0) is 9.53 Å². The molecule has 2 aromatic carbocycles. The lowest BCUT2D eigenvalue weighted by atomic mass is 10.1. The van der Waals surface area contributed by atoms with Crippen LogP contribution >= 0.6 is 23.4 Å². The molecule has 2 rings (SSSR count). The van der Waals surface area contributed by atoms with Crippen LogP contribution in [0.4, 0.5) is 14.5 Å². The van der Waals surface area contributed by atoms with E-state index in [1.54, 1.807) is 12.1 Å². The van der Waals surface area contributed by atoms with Crippen LogP contribution in [0.5, 0.6) is 11.5 Å². The Kier molecular flexibility index (Phi) is 8.53. The second kappa shape index (κ2) is 10.9. The Balaban J connectivity index is 2.12. The number of carbonyl (C=O) groups is 2. The predicted molar refractivity (Wildman–Crippen MR) is 106 cm³/mol. The van der Waals surface area contributed by atoms with Crippen LogP contribution in [0.2, 0.25) is 5.02 Å². The summed E-state index contributed by atoms with van der Waals surface area (Å²) in [7, 11) is 2.40. The molecule has 0 radical (unpaired) electrons. The Bertz CT molecular complexity index is 864. The van der Waals surface area contributed by atoms with E-state index in [1.807, 2.05) is 12.1 Å². The molecule has 1 amide bonds. The van der Waals surface area contributed by atoms with Gasteiger partial charge in [0.1, 0.15) is 0 Å². The van der Waals surface area contributed by atoms with Crippen molar-refractivity contribution in [3.05, 3.63) is 47.0 Å². The monoisotopic (exact) mass is 445 g/mol. The number of nitrogens with one attached hydrogen (secondary N) is 1. The van der Waals surface area contributed by atoms with Gasteiger partial charge in [-0.05, 0) is 24.3 Å². The third-order valence-electron chi connectivity index (χ3n) is 3.61. The second-order valence-corrected chi connectivity index (χ2v) is 7.12. The van der Waals surface area contributed by atoms with Crippen LogP contribution in [0.3, 0.4) is 0 Å². The van der Waals surface area contributed by atoms with Gasteiger partial charge in [0.25, 0.3) is 0 Å². The van der Waals surface area contributed by atoms with Crippen LogP contribution < -0.4 is 14.8 Å². The highest BCUT2D eigenvalue weighted by Gasteiger charge is 2.21. The molecule has 6 nitrogen and oxygen atoms in total. The van der Waals surface area contributed by atoms with Gasteiger partial charge in [0.2, 0.25) is 5.91 Å². The fourth-order valence-corrected chi connectivity index (χ4v) is 3.27. The zero-order valence-electron chi connectivity index (χ0n) is 15.5. The molecular weight excluding hydrogens is 428 g/mol. The minimum Gasteiger partial charge on any atom is -0.493 e. The molecule has 0 fully saturated rings. The first-order chi connectivity index (χ1) is 13.8. The summed E-state index contributed by atoms with van der Waals surface area (Å²) in [5.74, 6) is -1.14. The standard InChI is InChI=1S/C19H18ClF2NO5S/c1-26-15-9-13(18(25)27-2)14(10-16(15)28-19(21)22)23-17(24)7-8-29-12-5-3-11(20)4-6-12/h3-6,9-10,19H,7-8H2,1-2H3,(H,23,24). The fraction of sp³-hybridized carbons (Fsp3) is 0.263. The molecule has 0 unspecified atom stereocenters. The molecule has 0 saturated carbocycles. The summed E-state index contributed by atoms with van der Waals surface area (Å²) >= 11 is 7.27. The molecule has 1 N–H and O–H groups in total. The zero-order chi connectivity index (χ0) is 21.4. The largest absolute Gasteiger partial charge is 0.493 e. The number of hydrogen-bond donors (Lipinski definition) is 1. The highest BCUT2D eigenvalue weighted by atomic mass is 35.5. The van der Waals surface area contributed by atoms with E-state index in [9.17, 15) is 18.4 Å². The summed E-state index contributed by atoms with van der Waals surface area (Å²) in [6.07, 6.45) is 0.116. The first-order valence-electron chi connectivity index (χ1n) is 8.27. The first-order valence-corrected chi connectivity index (χ1v) is 9.63. The van der Waals surface area contributed by atoms with Crippen molar-refractivity contribution in [3.63, 3.8) is 0 Å². The summed E-state index contributed by atoms with van der Waals surface area (Å²) < 4.78 is 39.3. The number of carbonyl (C=O) groups excluding carboxylic acids is 2. The van der Waals surface area contributed by atoms with Crippen molar-refractivity contribution in [2.75, 3.05) is 25.3 Å². The third kappa shape index (κ3) is 6.79. The lowest BCUT2D eigenvalue weighted by molar-refractivity contribution is -0.115. The van der Waals surface area contributed by atoms with Crippen LogP contribution in [0.15, 0.2) is 41.3 Å². The van der Waals surface area contributed by atoms with Gasteiger partial charge >= 0.3 is 12.6 Å². The SMILES string of the molecule is COC(=O)c1cc(OC)c(OC(F)F)cc1NC(=O)CCSc1ccc(Cl)cc1. The molecule has 0 aromatic heterocycles. The van der Waals surface area contributed by atoms with Gasteiger partial charge in [-0.1, -0.05) is 11.6 Å². The van der Waals surface area contributed by atoms with E-state index in [4.69, 9.17) is 16.3 Å². The number of esters is 1. The smallest absolute Gasteiger partial charge is 0.387 e. The van der Waals surface area contributed by atoms with Gasteiger partial charge in [0.15, 0.2) is 11.5 Å². The Labute approximate surface area is 175 Å². The van der Waals surface area contributed by atoms with Gasteiger partial charge in [-0.25, -0.2) is 4.79 Å². The van der Waals surface area contributed by atoms with E-state index < -0.39 is 18.5 Å². The highest BCUT2D eigenvalue weighted by Crippen LogP contribution is 2.35. The van der Waals surface area contributed by atoms with Crippen LogP contribution in [0.25, 0.3) is 0 Å². The van der Waals surface area contributed by atoms with Gasteiger partial charge in [-0.2, -0.15) is 8.78 Å². The number of alkyl halides is 2. The van der Waals surface area contributed by atoms with Gasteiger partial charge in [0, 0.05) is 34.2 Å². The highest BCUT2D eigenvalue weighted by molar-refractivity contribution is 7.99. The van der Waals surface area contributed by atoms with Gasteiger partial charge in [-0.3, -0.25) is 4.79 Å². The van der Waals surface area contributed by atoms with Crippen molar-refractivity contribution >= 4 is 40.9 Å². The molecule has 0 spiro atoms. The predicted octanol–water partition coefficient (Wildman–Crippen LogP) is 4.86. The molecule has 0 aliphatic rings. The fourth-order valence-electron chi connectivity index (χ4n) is 2.29. The van der Waals surface area contributed by atoms with Crippen molar-refractivity contribution in [1.29, 1.82) is 0 Å². The van der Waals surface area contributed by atoms with Crippen LogP contribution in [0.1, 0.15) is 16.8 Å². The van der Waals surface area contributed by atoms with E-state index in [1.165, 1.54) is 24.9 Å². The minimum absolute atomic E-state index is 0.0187. The number of ether oxygens (including phenoxy) is 3. The summed E-state index contributed by atoms with van der Waals surface area (Å²) in [5, 5.41) is 3.15. The summed E-state index contributed by atoms with van der Waals surface area (Å²) in [4.78, 5) is 25.2. The Morgan fingerprint density at radius 2 is 1.83 bits per heavy atom. The van der Waals surface area contributed by atoms with Crippen LogP contribution in [0, 0.1) is 0 Å². The summed E-state index contributed by atoms with van der Waals surface area (Å²) in [5.41, 5.74) is -0.0699. The molecule has 0 heterocycles. The average Bonchev–Trinajstić information content (AvgIpc) is 2.68. The molecule has 0 saturated heterocycles. The second-order valence-electron chi connectivity index (χ2n) is 5.52. The first kappa shape index (κ1) is 22.8. The third-order valence-corrected chi connectivity index (χ3v) is 4.88. The van der Waals surface area contributed by atoms with Crippen molar-refractivity contribution in [2.45, 2.75) is 17.9 Å². The molecule has 0 aliphatic carbocycles. The Morgan fingerprint density at radius 3 is 2.41 bits per heavy atom. The average molecular weight is 446 g/mol. The molecule has 0 aliphatic heterocycles. The van der Waals surface area contributed by atoms with Crippen molar-refractivity contribution in [2.24, 2.45) is 0 Å². The molecule has 0 atom stereocenters. The normalized spacial score (nSPS) is 10.6. The topological polar surface area (TPSA) is 73.9 Å². The number of halogens is 3. The maximum absolute atomic E-state index is 12.6. The Hall–Kier alpha value is -2.52. The maximum Gasteiger partial charge on any atom is 0.387 e. The number of thioether (sulfide) groups is 1. The maximum atomic E-state index is 12.6. The number of anilines is 1. The lowest BCUT2D eigenvalue weighted by Gasteiger charge is -2.15. The number of methoxy groups -OCH3 is 2. The zero-order valence-corrected chi connectivity index (χ0v) is 17.1. The van der Waals surface area contributed by atoms with Crippen molar-refractivity contribution in [3.8, 4) is 11.5 Å². The minimum atomic E-state index is -3.10. The molecule has 0 bridgehead atoms. The van der Waals surface area contributed by atoms with Gasteiger partial charge in [0.05, 0.1) is 25.5 Å². The van der Waals surface area contributed by atoms with Crippen molar-refractivity contribution in [1.82, 2.24) is 0 Å². The van der Waals surface area contributed by atoms with Crippen molar-refractivity contribution < 1.29 is 32.6 Å². The molecule has 29 heavy (non-hydrogen) atoms. The van der Waals surface area contributed by atoms with E-state index in [-0.39, 0.29) is 29.2 Å². The molecule has 10 heteroatoms. The number of amides is 1. The number of benzene rings is 2. The van der Waals surface area contributed by atoms with Crippen LogP contribution in [-0.4, -0.2) is 38.5 Å². The molecular formula is C19H18ClF2NO5S. The number of rotatable bonds is 9. The Morgan fingerprint density at radius 1 is 1.14 bits per heavy atom. The lowest BCUT2D eigenvalue weighted by Crippen LogP contribution is -2.16. The quantitative estimate of drug-likeness (QED) is 0.439. The summed E-state index contributed by atoms with van der Waals surface area (Å²) in [6.45, 7) is -3.10. The van der Waals surface area contributed by atoms with Gasteiger partial charge < -0.3 is 19.5 Å². The van der Waals surface area contributed by atoms with E-state index in [0.717, 1.165) is 18.1 Å². The number of hydrogen-bond acceptors (Lipinski definition) is 6. The van der Waals surface area contributed by atoms with E-state index in [0.29, 0.717) is 10.8 Å². The molecule has 156 valence electrons.